The molecule has 11 heteroatoms. The Hall–Kier alpha value is -2.63. The van der Waals surface area contributed by atoms with Gasteiger partial charge in [0.2, 0.25) is 17.6 Å². The highest BCUT2D eigenvalue weighted by Crippen LogP contribution is 2.34. The molecule has 1 saturated heterocycles. The average molecular weight is 501 g/mol. The number of rotatable bonds is 9. The minimum Gasteiger partial charge on any atom is -0.376 e. The van der Waals surface area contributed by atoms with Gasteiger partial charge < -0.3 is 15.0 Å². The quantitative estimate of drug-likeness (QED) is 0.484. The van der Waals surface area contributed by atoms with Crippen LogP contribution in [0, 0.1) is 0 Å². The van der Waals surface area contributed by atoms with E-state index in [9.17, 15) is 9.59 Å². The summed E-state index contributed by atoms with van der Waals surface area (Å²) in [4.78, 5) is 32.1. The van der Waals surface area contributed by atoms with Crippen LogP contribution in [0.3, 0.4) is 0 Å². The predicted molar refractivity (Wildman–Crippen MR) is 129 cm³/mol. The number of tetrazole rings is 1. The number of thiophene rings is 2. The molecule has 1 N–H and O–H groups in total. The fraction of sp³-hybridized carbons (Fsp3) is 0.522. The maximum Gasteiger partial charge on any atom is 0.248 e. The van der Waals surface area contributed by atoms with E-state index in [1.165, 1.54) is 27.5 Å². The van der Waals surface area contributed by atoms with Crippen molar-refractivity contribution < 1.29 is 14.3 Å². The maximum atomic E-state index is 13.7. The fourth-order valence-electron chi connectivity index (χ4n) is 4.71. The average Bonchev–Trinajstić information content (AvgIpc) is 3.67. The van der Waals surface area contributed by atoms with E-state index < -0.39 is 6.04 Å². The highest BCUT2D eigenvalue weighted by molar-refractivity contribution is 7.13. The third kappa shape index (κ3) is 5.21. The number of carbonyl (C=O) groups excluding carboxylic acids is 2. The molecule has 1 aliphatic carbocycles. The molecule has 2 amide bonds. The van der Waals surface area contributed by atoms with E-state index >= 15 is 0 Å². The first-order valence-corrected chi connectivity index (χ1v) is 13.5. The lowest BCUT2D eigenvalue weighted by Gasteiger charge is -2.35. The smallest absolute Gasteiger partial charge is 0.248 e. The monoisotopic (exact) mass is 500 g/mol. The van der Waals surface area contributed by atoms with Crippen molar-refractivity contribution in [2.24, 2.45) is 0 Å². The third-order valence-corrected chi connectivity index (χ3v) is 8.13. The summed E-state index contributed by atoms with van der Waals surface area (Å²) in [7, 11) is 0. The first-order chi connectivity index (χ1) is 16.7. The number of carbonyl (C=O) groups is 2. The van der Waals surface area contributed by atoms with E-state index in [1.54, 1.807) is 4.90 Å². The summed E-state index contributed by atoms with van der Waals surface area (Å²) >= 11 is 3.02. The molecule has 1 aliphatic heterocycles. The van der Waals surface area contributed by atoms with E-state index in [1.807, 2.05) is 35.0 Å². The van der Waals surface area contributed by atoms with Gasteiger partial charge in [0.1, 0.15) is 12.6 Å². The molecule has 4 heterocycles. The van der Waals surface area contributed by atoms with Gasteiger partial charge in [-0.3, -0.25) is 9.59 Å². The number of nitrogens with one attached hydrogen (secondary N) is 1. The van der Waals surface area contributed by atoms with Gasteiger partial charge in [0.05, 0.1) is 11.0 Å². The van der Waals surface area contributed by atoms with E-state index in [0.717, 1.165) is 54.9 Å². The molecule has 0 unspecified atom stereocenters. The number of ether oxygens (including phenoxy) is 1. The lowest BCUT2D eigenvalue weighted by molar-refractivity contribution is -0.144. The zero-order chi connectivity index (χ0) is 23.3. The molecule has 3 aromatic rings. The Morgan fingerprint density at radius 3 is 2.68 bits per heavy atom. The Balaban J connectivity index is 1.37. The van der Waals surface area contributed by atoms with Crippen molar-refractivity contribution in [2.45, 2.75) is 63.3 Å². The second kappa shape index (κ2) is 10.7. The summed E-state index contributed by atoms with van der Waals surface area (Å²) in [5, 5.41) is 19.5. The summed E-state index contributed by atoms with van der Waals surface area (Å²) in [6.45, 7) is 1.14. The Kier molecular flexibility index (Phi) is 7.31. The molecule has 3 aromatic heterocycles. The van der Waals surface area contributed by atoms with Gasteiger partial charge in [-0.1, -0.05) is 25.0 Å². The van der Waals surface area contributed by atoms with Crippen LogP contribution in [0.25, 0.3) is 10.7 Å². The number of nitrogens with zero attached hydrogens (tertiary/aromatic N) is 5. The van der Waals surface area contributed by atoms with Gasteiger partial charge in [-0.05, 0) is 53.8 Å². The highest BCUT2D eigenvalue weighted by Gasteiger charge is 2.38. The summed E-state index contributed by atoms with van der Waals surface area (Å²) < 4.78 is 5.67. The lowest BCUT2D eigenvalue weighted by atomic mass is 10.1. The van der Waals surface area contributed by atoms with Crippen molar-refractivity contribution in [3.05, 3.63) is 39.9 Å². The zero-order valence-corrected chi connectivity index (χ0v) is 20.5. The minimum atomic E-state index is -0.683. The van der Waals surface area contributed by atoms with Crippen molar-refractivity contribution in [3.8, 4) is 10.7 Å². The molecule has 9 nitrogen and oxygen atoms in total. The minimum absolute atomic E-state index is 0.00775. The van der Waals surface area contributed by atoms with E-state index in [0.29, 0.717) is 12.4 Å². The van der Waals surface area contributed by atoms with E-state index in [2.05, 4.69) is 20.7 Å². The van der Waals surface area contributed by atoms with Crippen LogP contribution in [0.1, 0.15) is 49.4 Å². The van der Waals surface area contributed by atoms with Crippen LogP contribution in [0.15, 0.2) is 35.0 Å². The molecule has 34 heavy (non-hydrogen) atoms. The Morgan fingerprint density at radius 1 is 1.15 bits per heavy atom. The van der Waals surface area contributed by atoms with Crippen LogP contribution in [0.2, 0.25) is 0 Å². The molecular formula is C23H28N6O3S2. The Labute approximate surface area is 206 Å². The standard InChI is InChI=1S/C23H28N6O3S2/c30-20(15-28-26-22(25-27-28)19-10-5-13-34-19)29(16-6-1-2-7-16)21(18-9-4-12-33-18)23(31)24-14-17-8-3-11-32-17/h4-5,9-10,12-13,16-17,21H,1-3,6-8,11,14-15H2,(H,24,31)/t17-,21-/m1/s1. The van der Waals surface area contributed by atoms with Crippen LogP contribution < -0.4 is 5.32 Å². The fourth-order valence-corrected chi connectivity index (χ4v) is 6.18. The topological polar surface area (TPSA) is 102 Å². The van der Waals surface area contributed by atoms with Crippen molar-refractivity contribution in [1.82, 2.24) is 30.4 Å². The molecule has 0 bridgehead atoms. The first kappa shape index (κ1) is 23.1. The van der Waals surface area contributed by atoms with Crippen LogP contribution in [0.5, 0.6) is 0 Å². The summed E-state index contributed by atoms with van der Waals surface area (Å²) in [6, 6.07) is 7.02. The Morgan fingerprint density at radius 2 is 1.97 bits per heavy atom. The Bertz CT molecular complexity index is 1070. The van der Waals surface area contributed by atoms with Gasteiger partial charge in [0.25, 0.3) is 0 Å². The summed E-state index contributed by atoms with van der Waals surface area (Å²) in [6.07, 6.45) is 5.87. The van der Waals surface area contributed by atoms with Gasteiger partial charge in [0.15, 0.2) is 0 Å². The van der Waals surface area contributed by atoms with E-state index in [-0.39, 0.29) is 30.5 Å². The number of hydrogen-bond donors (Lipinski definition) is 1. The van der Waals surface area contributed by atoms with Crippen LogP contribution >= 0.6 is 22.7 Å². The largest absolute Gasteiger partial charge is 0.376 e. The highest BCUT2D eigenvalue weighted by atomic mass is 32.1. The van der Waals surface area contributed by atoms with Gasteiger partial charge in [0, 0.05) is 24.1 Å². The second-order valence-corrected chi connectivity index (χ2v) is 10.6. The SMILES string of the molecule is O=C(NC[C@H]1CCCO1)[C@@H](c1cccs1)N(C(=O)Cn1nnc(-c2cccs2)n1)C1CCCC1. The number of amides is 2. The van der Waals surface area contributed by atoms with Crippen molar-refractivity contribution >= 4 is 34.5 Å². The van der Waals surface area contributed by atoms with Crippen molar-refractivity contribution in [2.75, 3.05) is 13.2 Å². The zero-order valence-electron chi connectivity index (χ0n) is 18.8. The molecule has 1 saturated carbocycles. The lowest BCUT2D eigenvalue weighted by Crippen LogP contribution is -2.49. The van der Waals surface area contributed by atoms with Gasteiger partial charge in [-0.15, -0.1) is 32.9 Å². The van der Waals surface area contributed by atoms with Gasteiger partial charge in [-0.2, -0.15) is 4.80 Å². The number of aromatic nitrogens is 4. The first-order valence-electron chi connectivity index (χ1n) is 11.7. The van der Waals surface area contributed by atoms with Crippen molar-refractivity contribution in [3.63, 3.8) is 0 Å². The molecule has 0 spiro atoms. The molecular weight excluding hydrogens is 472 g/mol. The maximum absolute atomic E-state index is 13.7. The predicted octanol–water partition coefficient (Wildman–Crippen LogP) is 3.27. The third-order valence-electron chi connectivity index (χ3n) is 6.34. The van der Waals surface area contributed by atoms with Gasteiger partial charge >= 0.3 is 0 Å². The molecule has 0 radical (unpaired) electrons. The molecule has 2 aliphatic rings. The van der Waals surface area contributed by atoms with E-state index in [4.69, 9.17) is 4.74 Å². The molecule has 2 atom stereocenters. The summed E-state index contributed by atoms with van der Waals surface area (Å²) in [5.74, 6) is 0.163. The molecule has 0 aromatic carbocycles. The van der Waals surface area contributed by atoms with Crippen molar-refractivity contribution in [1.29, 1.82) is 0 Å². The van der Waals surface area contributed by atoms with Crippen LogP contribution in [0.4, 0.5) is 0 Å². The molecule has 5 rings (SSSR count). The van der Waals surface area contributed by atoms with Gasteiger partial charge in [-0.25, -0.2) is 0 Å². The normalized spacial score (nSPS) is 19.4. The molecule has 180 valence electrons. The number of hydrogen-bond acceptors (Lipinski definition) is 8. The summed E-state index contributed by atoms with van der Waals surface area (Å²) in [5.41, 5.74) is 0. The van der Waals surface area contributed by atoms with Crippen LogP contribution in [-0.2, 0) is 20.9 Å². The molecule has 2 fully saturated rings. The second-order valence-electron chi connectivity index (χ2n) is 8.66. The van der Waals surface area contributed by atoms with Crippen LogP contribution in [-0.4, -0.2) is 62.2 Å².